The lowest BCUT2D eigenvalue weighted by Crippen LogP contribution is -2.32. The van der Waals surface area contributed by atoms with Gasteiger partial charge in [-0.1, -0.05) is 13.8 Å². The van der Waals surface area contributed by atoms with Gasteiger partial charge in [-0.2, -0.15) is 0 Å². The first kappa shape index (κ1) is 9.25. The van der Waals surface area contributed by atoms with E-state index in [1.165, 1.54) is 0 Å². The SMILES string of the molecule is CCC(CCl)N(C)CC. The number of rotatable bonds is 4. The van der Waals surface area contributed by atoms with Crippen molar-refractivity contribution in [1.29, 1.82) is 0 Å². The van der Waals surface area contributed by atoms with E-state index in [-0.39, 0.29) is 0 Å². The number of halogens is 1. The van der Waals surface area contributed by atoms with Crippen LogP contribution in [0.15, 0.2) is 0 Å². The van der Waals surface area contributed by atoms with Crippen LogP contribution in [0.1, 0.15) is 20.3 Å². The summed E-state index contributed by atoms with van der Waals surface area (Å²) < 4.78 is 0. The Labute approximate surface area is 63.0 Å². The van der Waals surface area contributed by atoms with Crippen LogP contribution >= 0.6 is 11.6 Å². The molecule has 0 bridgehead atoms. The van der Waals surface area contributed by atoms with Crippen LogP contribution in [0.5, 0.6) is 0 Å². The Balaban J connectivity index is 3.50. The molecule has 0 aliphatic carbocycles. The van der Waals surface area contributed by atoms with Gasteiger partial charge < -0.3 is 4.90 Å². The van der Waals surface area contributed by atoms with E-state index in [0.29, 0.717) is 6.04 Å². The van der Waals surface area contributed by atoms with E-state index in [1.807, 2.05) is 0 Å². The summed E-state index contributed by atoms with van der Waals surface area (Å²) in [6, 6.07) is 0.566. The van der Waals surface area contributed by atoms with Gasteiger partial charge in [-0.25, -0.2) is 0 Å². The maximum atomic E-state index is 5.70. The highest BCUT2D eigenvalue weighted by Crippen LogP contribution is 2.02. The Morgan fingerprint density at radius 2 is 2.00 bits per heavy atom. The topological polar surface area (TPSA) is 3.24 Å². The number of nitrogens with zero attached hydrogens (tertiary/aromatic N) is 1. The van der Waals surface area contributed by atoms with E-state index in [2.05, 4.69) is 25.8 Å². The molecule has 0 spiro atoms. The quantitative estimate of drug-likeness (QED) is 0.553. The lowest BCUT2D eigenvalue weighted by molar-refractivity contribution is 0.268. The van der Waals surface area contributed by atoms with E-state index in [0.717, 1.165) is 18.8 Å². The Morgan fingerprint density at radius 1 is 1.44 bits per heavy atom. The third-order valence-corrected chi connectivity index (χ3v) is 2.13. The second kappa shape index (κ2) is 5.07. The lowest BCUT2D eigenvalue weighted by atomic mass is 10.2. The van der Waals surface area contributed by atoms with Gasteiger partial charge in [-0.15, -0.1) is 11.6 Å². The Kier molecular flexibility index (Phi) is 5.21. The first-order valence-corrected chi connectivity index (χ1v) is 4.05. The van der Waals surface area contributed by atoms with E-state index in [4.69, 9.17) is 11.6 Å². The normalized spacial score (nSPS) is 14.3. The zero-order valence-corrected chi connectivity index (χ0v) is 7.28. The molecule has 56 valence electrons. The van der Waals surface area contributed by atoms with Gasteiger partial charge in [0.25, 0.3) is 0 Å². The van der Waals surface area contributed by atoms with Crippen molar-refractivity contribution in [1.82, 2.24) is 4.90 Å². The van der Waals surface area contributed by atoms with Gasteiger partial charge in [0.15, 0.2) is 0 Å². The van der Waals surface area contributed by atoms with Gasteiger partial charge in [0.2, 0.25) is 0 Å². The molecular formula is C7H16ClN. The zero-order valence-electron chi connectivity index (χ0n) is 6.52. The predicted molar refractivity (Wildman–Crippen MR) is 43.1 cm³/mol. The molecule has 0 saturated carbocycles. The highest BCUT2D eigenvalue weighted by atomic mass is 35.5. The molecule has 0 rings (SSSR count). The maximum Gasteiger partial charge on any atom is 0.0379 e. The third kappa shape index (κ3) is 3.07. The average Bonchev–Trinajstić information content (AvgIpc) is 1.90. The van der Waals surface area contributed by atoms with Crippen molar-refractivity contribution in [2.45, 2.75) is 26.3 Å². The molecule has 0 heterocycles. The maximum absolute atomic E-state index is 5.70. The first-order chi connectivity index (χ1) is 4.26. The van der Waals surface area contributed by atoms with Crippen molar-refractivity contribution < 1.29 is 0 Å². The minimum Gasteiger partial charge on any atom is -0.303 e. The van der Waals surface area contributed by atoms with Crippen LogP contribution in [0.3, 0.4) is 0 Å². The molecule has 0 aromatic rings. The van der Waals surface area contributed by atoms with Crippen LogP contribution in [0.2, 0.25) is 0 Å². The fourth-order valence-corrected chi connectivity index (χ4v) is 1.25. The Hall–Kier alpha value is 0.250. The van der Waals surface area contributed by atoms with Gasteiger partial charge >= 0.3 is 0 Å². The molecular weight excluding hydrogens is 134 g/mol. The predicted octanol–water partition coefficient (Wildman–Crippen LogP) is 1.96. The van der Waals surface area contributed by atoms with Crippen molar-refractivity contribution in [2.24, 2.45) is 0 Å². The molecule has 0 radical (unpaired) electrons. The summed E-state index contributed by atoms with van der Waals surface area (Å²) in [6.07, 6.45) is 1.15. The van der Waals surface area contributed by atoms with Gasteiger partial charge in [0.1, 0.15) is 0 Å². The van der Waals surface area contributed by atoms with Gasteiger partial charge in [0.05, 0.1) is 0 Å². The van der Waals surface area contributed by atoms with E-state index < -0.39 is 0 Å². The zero-order chi connectivity index (χ0) is 7.28. The first-order valence-electron chi connectivity index (χ1n) is 3.52. The molecule has 0 saturated heterocycles. The van der Waals surface area contributed by atoms with E-state index in [1.54, 1.807) is 0 Å². The summed E-state index contributed by atoms with van der Waals surface area (Å²) in [5.74, 6) is 0.751. The summed E-state index contributed by atoms with van der Waals surface area (Å²) >= 11 is 5.70. The monoisotopic (exact) mass is 149 g/mol. The molecule has 0 aliphatic rings. The molecule has 1 unspecified atom stereocenters. The van der Waals surface area contributed by atoms with Crippen molar-refractivity contribution in [2.75, 3.05) is 19.5 Å². The van der Waals surface area contributed by atoms with Crippen LogP contribution in [0.25, 0.3) is 0 Å². The molecule has 0 aromatic heterocycles. The fraction of sp³-hybridized carbons (Fsp3) is 1.00. The summed E-state index contributed by atoms with van der Waals surface area (Å²) in [7, 11) is 2.11. The number of hydrogen-bond acceptors (Lipinski definition) is 1. The van der Waals surface area contributed by atoms with E-state index >= 15 is 0 Å². The van der Waals surface area contributed by atoms with Gasteiger partial charge in [-0.3, -0.25) is 0 Å². The van der Waals surface area contributed by atoms with Crippen LogP contribution < -0.4 is 0 Å². The minimum atomic E-state index is 0.566. The van der Waals surface area contributed by atoms with Crippen LogP contribution in [-0.4, -0.2) is 30.4 Å². The van der Waals surface area contributed by atoms with Crippen molar-refractivity contribution in [3.05, 3.63) is 0 Å². The molecule has 0 N–H and O–H groups in total. The van der Waals surface area contributed by atoms with Crippen LogP contribution in [0, 0.1) is 0 Å². The molecule has 0 amide bonds. The highest BCUT2D eigenvalue weighted by molar-refractivity contribution is 6.18. The fourth-order valence-electron chi connectivity index (χ4n) is 0.797. The highest BCUT2D eigenvalue weighted by Gasteiger charge is 2.07. The molecule has 9 heavy (non-hydrogen) atoms. The number of alkyl halides is 1. The Morgan fingerprint density at radius 3 is 2.11 bits per heavy atom. The smallest absolute Gasteiger partial charge is 0.0379 e. The molecule has 0 aliphatic heterocycles. The second-order valence-electron chi connectivity index (χ2n) is 2.29. The largest absolute Gasteiger partial charge is 0.303 e. The molecule has 2 heteroatoms. The molecule has 1 nitrogen and oxygen atoms in total. The summed E-state index contributed by atoms with van der Waals surface area (Å²) in [5.41, 5.74) is 0. The second-order valence-corrected chi connectivity index (χ2v) is 2.60. The van der Waals surface area contributed by atoms with Gasteiger partial charge in [0, 0.05) is 11.9 Å². The summed E-state index contributed by atoms with van der Waals surface area (Å²) in [6.45, 7) is 5.40. The molecule has 0 fully saturated rings. The van der Waals surface area contributed by atoms with Crippen molar-refractivity contribution in [3.63, 3.8) is 0 Å². The Bertz CT molecular complexity index is 61.9. The lowest BCUT2D eigenvalue weighted by Gasteiger charge is -2.22. The van der Waals surface area contributed by atoms with E-state index in [9.17, 15) is 0 Å². The van der Waals surface area contributed by atoms with Crippen molar-refractivity contribution >= 4 is 11.6 Å². The van der Waals surface area contributed by atoms with Gasteiger partial charge in [-0.05, 0) is 20.0 Å². The summed E-state index contributed by atoms with van der Waals surface area (Å²) in [4.78, 5) is 2.27. The minimum absolute atomic E-state index is 0.566. The average molecular weight is 150 g/mol. The van der Waals surface area contributed by atoms with Crippen LogP contribution in [-0.2, 0) is 0 Å². The number of hydrogen-bond donors (Lipinski definition) is 0. The summed E-state index contributed by atoms with van der Waals surface area (Å²) in [5, 5.41) is 0. The molecule has 0 aromatic carbocycles. The third-order valence-electron chi connectivity index (χ3n) is 1.77. The standard InChI is InChI=1S/C7H16ClN/c1-4-7(6-8)9(3)5-2/h7H,4-6H2,1-3H3. The molecule has 1 atom stereocenters. The van der Waals surface area contributed by atoms with Crippen LogP contribution in [0.4, 0.5) is 0 Å². The van der Waals surface area contributed by atoms with Crippen molar-refractivity contribution in [3.8, 4) is 0 Å².